The van der Waals surface area contributed by atoms with E-state index in [-0.39, 0.29) is 5.91 Å². The van der Waals surface area contributed by atoms with Crippen molar-refractivity contribution in [2.75, 3.05) is 20.8 Å². The molecule has 1 amide bonds. The van der Waals surface area contributed by atoms with Crippen LogP contribution in [0.1, 0.15) is 29.3 Å². The van der Waals surface area contributed by atoms with Crippen molar-refractivity contribution in [1.82, 2.24) is 15.1 Å². The largest absolute Gasteiger partial charge is 0.479 e. The standard InChI is InChI=1S/C17H23N3O3/c1-5-17(23-4,13-9-7-6-8-10-13)12-18-15(21)14-11-20(2)19-16(14)22-3/h6-11H,5,12H2,1-4H3,(H,18,21). The highest BCUT2D eigenvalue weighted by Gasteiger charge is 2.31. The number of rotatable bonds is 7. The van der Waals surface area contributed by atoms with Gasteiger partial charge in [0.15, 0.2) is 0 Å². The van der Waals surface area contributed by atoms with Crippen LogP contribution in [-0.2, 0) is 17.4 Å². The number of amides is 1. The summed E-state index contributed by atoms with van der Waals surface area (Å²) in [6.45, 7) is 2.40. The van der Waals surface area contributed by atoms with Gasteiger partial charge in [0, 0.05) is 20.4 Å². The van der Waals surface area contributed by atoms with Crippen LogP contribution in [-0.4, -0.2) is 36.5 Å². The van der Waals surface area contributed by atoms with Gasteiger partial charge in [-0.25, -0.2) is 0 Å². The van der Waals surface area contributed by atoms with Gasteiger partial charge in [0.2, 0.25) is 5.88 Å². The maximum atomic E-state index is 12.4. The molecular weight excluding hydrogens is 294 g/mol. The van der Waals surface area contributed by atoms with Gasteiger partial charge in [0.25, 0.3) is 5.91 Å². The zero-order valence-corrected chi connectivity index (χ0v) is 14.0. The lowest BCUT2D eigenvalue weighted by molar-refractivity contribution is -0.0164. The molecule has 0 spiro atoms. The summed E-state index contributed by atoms with van der Waals surface area (Å²) < 4.78 is 12.4. The first kappa shape index (κ1) is 17.0. The van der Waals surface area contributed by atoms with E-state index in [9.17, 15) is 4.79 Å². The minimum atomic E-state index is -0.563. The zero-order valence-electron chi connectivity index (χ0n) is 14.0. The Balaban J connectivity index is 2.17. The first-order valence-corrected chi connectivity index (χ1v) is 7.53. The van der Waals surface area contributed by atoms with Crippen LogP contribution in [0.3, 0.4) is 0 Å². The number of nitrogens with zero attached hydrogens (tertiary/aromatic N) is 2. The van der Waals surface area contributed by atoms with Crippen LogP contribution in [0.15, 0.2) is 36.5 Å². The molecule has 1 N–H and O–H groups in total. The van der Waals surface area contributed by atoms with E-state index in [1.54, 1.807) is 25.0 Å². The Labute approximate surface area is 136 Å². The quantitative estimate of drug-likeness (QED) is 0.849. The van der Waals surface area contributed by atoms with Crippen molar-refractivity contribution in [2.24, 2.45) is 7.05 Å². The number of aromatic nitrogens is 2. The van der Waals surface area contributed by atoms with Gasteiger partial charge in [-0.1, -0.05) is 37.3 Å². The molecule has 1 aromatic carbocycles. The first-order chi connectivity index (χ1) is 11.1. The third-order valence-electron chi connectivity index (χ3n) is 4.03. The fourth-order valence-corrected chi connectivity index (χ4v) is 2.60. The fourth-order valence-electron chi connectivity index (χ4n) is 2.60. The van der Waals surface area contributed by atoms with E-state index < -0.39 is 5.60 Å². The van der Waals surface area contributed by atoms with Crippen molar-refractivity contribution in [2.45, 2.75) is 18.9 Å². The summed E-state index contributed by atoms with van der Waals surface area (Å²) >= 11 is 0. The number of carbonyl (C=O) groups excluding carboxylic acids is 1. The number of ether oxygens (including phenoxy) is 2. The highest BCUT2D eigenvalue weighted by Crippen LogP contribution is 2.28. The highest BCUT2D eigenvalue weighted by atomic mass is 16.5. The van der Waals surface area contributed by atoms with Gasteiger partial charge in [0.05, 0.1) is 13.7 Å². The summed E-state index contributed by atoms with van der Waals surface area (Å²) in [4.78, 5) is 12.4. The Morgan fingerprint density at radius 3 is 2.57 bits per heavy atom. The topological polar surface area (TPSA) is 65.4 Å². The molecule has 0 aliphatic rings. The summed E-state index contributed by atoms with van der Waals surface area (Å²) in [6.07, 6.45) is 2.37. The van der Waals surface area contributed by atoms with Crippen molar-refractivity contribution in [3.05, 3.63) is 47.7 Å². The second kappa shape index (κ2) is 7.28. The smallest absolute Gasteiger partial charge is 0.258 e. The van der Waals surface area contributed by atoms with E-state index in [1.165, 1.54) is 7.11 Å². The van der Waals surface area contributed by atoms with E-state index in [2.05, 4.69) is 10.4 Å². The maximum Gasteiger partial charge on any atom is 0.258 e. The number of hydrogen-bond acceptors (Lipinski definition) is 4. The van der Waals surface area contributed by atoms with Gasteiger partial charge in [-0.3, -0.25) is 9.48 Å². The number of nitrogens with one attached hydrogen (secondary N) is 1. The Hall–Kier alpha value is -2.34. The van der Waals surface area contributed by atoms with Crippen LogP contribution < -0.4 is 10.1 Å². The molecular formula is C17H23N3O3. The molecule has 0 aliphatic heterocycles. The summed E-state index contributed by atoms with van der Waals surface area (Å²) in [5, 5.41) is 7.03. The van der Waals surface area contributed by atoms with E-state index in [1.807, 2.05) is 37.3 Å². The van der Waals surface area contributed by atoms with Crippen LogP contribution in [0.4, 0.5) is 0 Å². The summed E-state index contributed by atoms with van der Waals surface area (Å²) in [5.41, 5.74) is 0.874. The molecule has 1 atom stereocenters. The molecule has 124 valence electrons. The van der Waals surface area contributed by atoms with Crippen LogP contribution in [0.25, 0.3) is 0 Å². The second-order valence-corrected chi connectivity index (χ2v) is 5.33. The van der Waals surface area contributed by atoms with Gasteiger partial charge in [-0.2, -0.15) is 0 Å². The average Bonchev–Trinajstić information content (AvgIpc) is 2.98. The summed E-state index contributed by atoms with van der Waals surface area (Å²) in [7, 11) is 4.90. The number of aryl methyl sites for hydroxylation is 1. The first-order valence-electron chi connectivity index (χ1n) is 7.53. The van der Waals surface area contributed by atoms with Crippen LogP contribution in [0, 0.1) is 0 Å². The minimum Gasteiger partial charge on any atom is -0.479 e. The SMILES string of the molecule is CCC(CNC(=O)c1cn(C)nc1OC)(OC)c1ccccc1. The Morgan fingerprint density at radius 2 is 2.00 bits per heavy atom. The molecule has 23 heavy (non-hydrogen) atoms. The van der Waals surface area contributed by atoms with Gasteiger partial charge >= 0.3 is 0 Å². The Kier molecular flexibility index (Phi) is 5.39. The average molecular weight is 317 g/mol. The molecule has 1 unspecified atom stereocenters. The molecule has 2 rings (SSSR count). The van der Waals surface area contributed by atoms with Gasteiger partial charge in [-0.15, -0.1) is 5.10 Å². The molecule has 1 heterocycles. The van der Waals surface area contributed by atoms with Crippen molar-refractivity contribution < 1.29 is 14.3 Å². The molecule has 0 saturated carbocycles. The molecule has 0 saturated heterocycles. The fraction of sp³-hybridized carbons (Fsp3) is 0.412. The number of hydrogen-bond donors (Lipinski definition) is 1. The minimum absolute atomic E-state index is 0.235. The molecule has 1 aromatic heterocycles. The molecule has 6 nitrogen and oxygen atoms in total. The van der Waals surface area contributed by atoms with E-state index in [4.69, 9.17) is 9.47 Å². The van der Waals surface area contributed by atoms with Crippen molar-refractivity contribution in [1.29, 1.82) is 0 Å². The van der Waals surface area contributed by atoms with Crippen LogP contribution in [0.2, 0.25) is 0 Å². The third kappa shape index (κ3) is 3.53. The van der Waals surface area contributed by atoms with Crippen molar-refractivity contribution in [3.8, 4) is 5.88 Å². The monoisotopic (exact) mass is 317 g/mol. The lowest BCUT2D eigenvalue weighted by Crippen LogP contribution is -2.42. The van der Waals surface area contributed by atoms with E-state index in [0.717, 1.165) is 12.0 Å². The lowest BCUT2D eigenvalue weighted by Gasteiger charge is -2.32. The number of carbonyl (C=O) groups is 1. The zero-order chi connectivity index (χ0) is 16.9. The molecule has 0 radical (unpaired) electrons. The molecule has 2 aromatic rings. The highest BCUT2D eigenvalue weighted by molar-refractivity contribution is 5.96. The molecule has 0 fully saturated rings. The van der Waals surface area contributed by atoms with Gasteiger partial charge in [0.1, 0.15) is 11.2 Å². The number of methoxy groups -OCH3 is 2. The number of benzene rings is 1. The van der Waals surface area contributed by atoms with Crippen LogP contribution >= 0.6 is 0 Å². The van der Waals surface area contributed by atoms with E-state index >= 15 is 0 Å². The third-order valence-corrected chi connectivity index (χ3v) is 4.03. The van der Waals surface area contributed by atoms with Crippen LogP contribution in [0.5, 0.6) is 5.88 Å². The molecule has 0 bridgehead atoms. The predicted octanol–water partition coefficient (Wildman–Crippen LogP) is 2.11. The van der Waals surface area contributed by atoms with Crippen molar-refractivity contribution in [3.63, 3.8) is 0 Å². The predicted molar refractivity (Wildman–Crippen MR) is 87.5 cm³/mol. The Morgan fingerprint density at radius 1 is 1.30 bits per heavy atom. The normalized spacial score (nSPS) is 13.4. The molecule has 6 heteroatoms. The molecule has 0 aliphatic carbocycles. The van der Waals surface area contributed by atoms with E-state index in [0.29, 0.717) is 18.0 Å². The summed E-state index contributed by atoms with van der Waals surface area (Å²) in [6, 6.07) is 9.89. The Bertz CT molecular complexity index is 648. The lowest BCUT2D eigenvalue weighted by atomic mass is 9.90. The maximum absolute atomic E-state index is 12.4. The van der Waals surface area contributed by atoms with Crippen molar-refractivity contribution >= 4 is 5.91 Å². The van der Waals surface area contributed by atoms with Gasteiger partial charge < -0.3 is 14.8 Å². The van der Waals surface area contributed by atoms with Gasteiger partial charge in [-0.05, 0) is 12.0 Å². The summed E-state index contributed by atoms with van der Waals surface area (Å²) in [5.74, 6) is 0.0741. The second-order valence-electron chi connectivity index (χ2n) is 5.33.